The molecule has 0 amide bonds. The average molecular weight is 278 g/mol. The van der Waals surface area contributed by atoms with Gasteiger partial charge in [-0.2, -0.15) is 0 Å². The van der Waals surface area contributed by atoms with Crippen LogP contribution in [0.25, 0.3) is 0 Å². The molecule has 1 atom stereocenters. The molecule has 0 saturated heterocycles. The van der Waals surface area contributed by atoms with Gasteiger partial charge in [0, 0.05) is 12.6 Å². The van der Waals surface area contributed by atoms with E-state index in [2.05, 4.69) is 24.1 Å². The predicted octanol–water partition coefficient (Wildman–Crippen LogP) is 2.65. The van der Waals surface area contributed by atoms with E-state index in [-0.39, 0.29) is 6.04 Å². The van der Waals surface area contributed by atoms with E-state index in [0.29, 0.717) is 0 Å². The van der Waals surface area contributed by atoms with Crippen molar-refractivity contribution in [3.05, 3.63) is 35.4 Å². The van der Waals surface area contributed by atoms with Crippen molar-refractivity contribution >= 4 is 5.97 Å². The fourth-order valence-corrected chi connectivity index (χ4v) is 2.16. The van der Waals surface area contributed by atoms with Gasteiger partial charge in [-0.1, -0.05) is 38.1 Å². The van der Waals surface area contributed by atoms with Crippen molar-refractivity contribution in [2.45, 2.75) is 46.3 Å². The van der Waals surface area contributed by atoms with Crippen LogP contribution in [0.3, 0.4) is 0 Å². The number of nitrogens with one attached hydrogen (secondary N) is 1. The molecule has 0 aromatic heterocycles. The van der Waals surface area contributed by atoms with Gasteiger partial charge in [0.05, 0.1) is 0 Å². The Hall–Kier alpha value is -1.39. The highest BCUT2D eigenvalue weighted by Gasteiger charge is 2.20. The summed E-state index contributed by atoms with van der Waals surface area (Å²) in [4.78, 5) is 13.6. The molecule has 4 nitrogen and oxygen atoms in total. The molecule has 0 aliphatic carbocycles. The second kappa shape index (κ2) is 8.02. The lowest BCUT2D eigenvalue weighted by Gasteiger charge is -2.20. The van der Waals surface area contributed by atoms with Gasteiger partial charge in [0.15, 0.2) is 0 Å². The molecular weight excluding hydrogens is 252 g/mol. The van der Waals surface area contributed by atoms with Crippen LogP contribution in [-0.2, 0) is 11.3 Å². The number of benzene rings is 1. The van der Waals surface area contributed by atoms with E-state index in [4.69, 9.17) is 0 Å². The molecule has 0 aliphatic heterocycles. The van der Waals surface area contributed by atoms with Gasteiger partial charge in [0.2, 0.25) is 0 Å². The van der Waals surface area contributed by atoms with Gasteiger partial charge in [0.25, 0.3) is 0 Å². The lowest BCUT2D eigenvalue weighted by atomic mass is 10.0. The van der Waals surface area contributed by atoms with E-state index in [0.717, 1.165) is 25.2 Å². The number of carboxylic acids is 1. The van der Waals surface area contributed by atoms with Gasteiger partial charge < -0.3 is 5.11 Å². The van der Waals surface area contributed by atoms with Crippen LogP contribution in [0.5, 0.6) is 0 Å². The normalized spacial score (nSPS) is 12.9. The van der Waals surface area contributed by atoms with E-state index in [9.17, 15) is 9.90 Å². The van der Waals surface area contributed by atoms with E-state index < -0.39 is 12.0 Å². The summed E-state index contributed by atoms with van der Waals surface area (Å²) < 4.78 is 0. The van der Waals surface area contributed by atoms with Gasteiger partial charge in [-0.05, 0) is 38.1 Å². The van der Waals surface area contributed by atoms with Crippen LogP contribution < -0.4 is 5.32 Å². The van der Waals surface area contributed by atoms with Crippen molar-refractivity contribution in [2.24, 2.45) is 0 Å². The Balaban J connectivity index is 2.80. The van der Waals surface area contributed by atoms with Gasteiger partial charge in [-0.15, -0.1) is 0 Å². The molecule has 1 aromatic carbocycles. The quantitative estimate of drug-likeness (QED) is 0.767. The summed E-state index contributed by atoms with van der Waals surface area (Å²) in [7, 11) is 0. The SMILES string of the molecule is CCN(CC)Cc1ccc(C(NC(C)C)C(=O)O)cc1. The van der Waals surface area contributed by atoms with E-state index in [1.165, 1.54) is 5.56 Å². The first kappa shape index (κ1) is 16.7. The Morgan fingerprint density at radius 1 is 1.20 bits per heavy atom. The van der Waals surface area contributed by atoms with Crippen molar-refractivity contribution in [2.75, 3.05) is 13.1 Å². The fourth-order valence-electron chi connectivity index (χ4n) is 2.16. The summed E-state index contributed by atoms with van der Waals surface area (Å²) in [6.07, 6.45) is 0. The van der Waals surface area contributed by atoms with Crippen LogP contribution in [0.1, 0.15) is 44.9 Å². The number of carboxylic acid groups (broad SMARTS) is 1. The Kier molecular flexibility index (Phi) is 6.68. The van der Waals surface area contributed by atoms with Gasteiger partial charge in [-0.25, -0.2) is 0 Å². The Morgan fingerprint density at radius 3 is 2.15 bits per heavy atom. The average Bonchev–Trinajstić information content (AvgIpc) is 2.42. The van der Waals surface area contributed by atoms with Gasteiger partial charge in [-0.3, -0.25) is 15.0 Å². The molecule has 0 fully saturated rings. The second-order valence-corrected chi connectivity index (χ2v) is 5.30. The van der Waals surface area contributed by atoms with Crippen molar-refractivity contribution in [3.8, 4) is 0 Å². The second-order valence-electron chi connectivity index (χ2n) is 5.30. The van der Waals surface area contributed by atoms with Crippen molar-refractivity contribution in [1.29, 1.82) is 0 Å². The first-order chi connectivity index (χ1) is 9.47. The zero-order valence-electron chi connectivity index (χ0n) is 12.9. The van der Waals surface area contributed by atoms with Crippen molar-refractivity contribution < 1.29 is 9.90 Å². The smallest absolute Gasteiger partial charge is 0.325 e. The maximum absolute atomic E-state index is 11.3. The molecule has 0 radical (unpaired) electrons. The number of nitrogens with zero attached hydrogens (tertiary/aromatic N) is 1. The van der Waals surface area contributed by atoms with Crippen LogP contribution in [0.4, 0.5) is 0 Å². The highest BCUT2D eigenvalue weighted by molar-refractivity contribution is 5.75. The number of hydrogen-bond acceptors (Lipinski definition) is 3. The first-order valence-corrected chi connectivity index (χ1v) is 7.27. The molecule has 0 bridgehead atoms. The molecule has 0 spiro atoms. The Labute approximate surface area is 121 Å². The number of rotatable bonds is 8. The molecule has 20 heavy (non-hydrogen) atoms. The zero-order valence-corrected chi connectivity index (χ0v) is 12.9. The zero-order chi connectivity index (χ0) is 15.1. The van der Waals surface area contributed by atoms with Gasteiger partial charge >= 0.3 is 5.97 Å². The molecule has 0 heterocycles. The molecule has 0 saturated carbocycles. The molecule has 1 rings (SSSR count). The van der Waals surface area contributed by atoms with Crippen LogP contribution in [0, 0.1) is 0 Å². The minimum Gasteiger partial charge on any atom is -0.480 e. The molecule has 0 aliphatic rings. The summed E-state index contributed by atoms with van der Waals surface area (Å²) in [5.41, 5.74) is 2.01. The summed E-state index contributed by atoms with van der Waals surface area (Å²) >= 11 is 0. The van der Waals surface area contributed by atoms with E-state index >= 15 is 0 Å². The maximum atomic E-state index is 11.3. The van der Waals surface area contributed by atoms with Gasteiger partial charge in [0.1, 0.15) is 6.04 Å². The molecule has 4 heteroatoms. The van der Waals surface area contributed by atoms with E-state index in [1.807, 2.05) is 38.1 Å². The third kappa shape index (κ3) is 4.94. The summed E-state index contributed by atoms with van der Waals surface area (Å²) in [6, 6.07) is 7.35. The first-order valence-electron chi connectivity index (χ1n) is 7.27. The lowest BCUT2D eigenvalue weighted by molar-refractivity contribution is -0.139. The summed E-state index contributed by atoms with van der Waals surface area (Å²) in [5.74, 6) is -0.838. The topological polar surface area (TPSA) is 52.6 Å². The number of carbonyl (C=O) groups is 1. The molecule has 1 aromatic rings. The van der Waals surface area contributed by atoms with Crippen LogP contribution in [0.15, 0.2) is 24.3 Å². The summed E-state index contributed by atoms with van der Waals surface area (Å²) in [6.45, 7) is 11.1. The van der Waals surface area contributed by atoms with Crippen LogP contribution >= 0.6 is 0 Å². The monoisotopic (exact) mass is 278 g/mol. The van der Waals surface area contributed by atoms with Crippen LogP contribution in [-0.4, -0.2) is 35.1 Å². The lowest BCUT2D eigenvalue weighted by Crippen LogP contribution is -2.33. The molecular formula is C16H26N2O2. The van der Waals surface area contributed by atoms with Crippen molar-refractivity contribution in [1.82, 2.24) is 10.2 Å². The maximum Gasteiger partial charge on any atom is 0.325 e. The minimum absolute atomic E-state index is 0.131. The Morgan fingerprint density at radius 2 is 1.75 bits per heavy atom. The molecule has 112 valence electrons. The predicted molar refractivity (Wildman–Crippen MR) is 81.7 cm³/mol. The van der Waals surface area contributed by atoms with E-state index in [1.54, 1.807) is 0 Å². The fraction of sp³-hybridized carbons (Fsp3) is 0.562. The molecule has 1 unspecified atom stereocenters. The van der Waals surface area contributed by atoms with Crippen LogP contribution in [0.2, 0.25) is 0 Å². The molecule has 2 N–H and O–H groups in total. The standard InChI is InChI=1S/C16H26N2O2/c1-5-18(6-2)11-13-7-9-14(10-8-13)15(16(19)20)17-12(3)4/h7-10,12,15,17H,5-6,11H2,1-4H3,(H,19,20). The largest absolute Gasteiger partial charge is 0.480 e. The highest BCUT2D eigenvalue weighted by atomic mass is 16.4. The van der Waals surface area contributed by atoms with Crippen molar-refractivity contribution in [3.63, 3.8) is 0 Å². The Bertz CT molecular complexity index is 411. The summed E-state index contributed by atoms with van der Waals surface area (Å²) in [5, 5.41) is 12.4. The third-order valence-corrected chi connectivity index (χ3v) is 3.36. The number of hydrogen-bond donors (Lipinski definition) is 2. The third-order valence-electron chi connectivity index (χ3n) is 3.36. The minimum atomic E-state index is -0.838. The number of aliphatic carboxylic acids is 1. The highest BCUT2D eigenvalue weighted by Crippen LogP contribution is 2.16.